The van der Waals surface area contributed by atoms with Crippen LogP contribution in [0.25, 0.3) is 0 Å². The van der Waals surface area contributed by atoms with Crippen molar-refractivity contribution in [2.24, 2.45) is 0 Å². The molecule has 1 amide bonds. The molecule has 0 aromatic carbocycles. The van der Waals surface area contributed by atoms with E-state index in [-0.39, 0.29) is 19.0 Å². The van der Waals surface area contributed by atoms with Crippen molar-refractivity contribution in [1.82, 2.24) is 9.47 Å². The molecule has 0 saturated carbocycles. The highest BCUT2D eigenvalue weighted by Crippen LogP contribution is 2.08. The third-order valence-electron chi connectivity index (χ3n) is 2.69. The molecule has 0 aliphatic rings. The van der Waals surface area contributed by atoms with Crippen LogP contribution in [0.15, 0.2) is 18.3 Å². The standard InChI is InChI=1S/C13H20N2O4/c1-3-6-14-7-4-5-11(14)13(18)15(8-9-19-2)10-12(16)17/h4-5,7H,3,6,8-10H2,1-2H3,(H,16,17). The Balaban J connectivity index is 2.84. The highest BCUT2D eigenvalue weighted by molar-refractivity contribution is 5.94. The van der Waals surface area contributed by atoms with Gasteiger partial charge in [0.05, 0.1) is 6.61 Å². The average Bonchev–Trinajstić information content (AvgIpc) is 2.82. The fourth-order valence-electron chi connectivity index (χ4n) is 1.82. The normalized spacial score (nSPS) is 10.4. The Hall–Kier alpha value is -1.82. The lowest BCUT2D eigenvalue weighted by molar-refractivity contribution is -0.137. The number of methoxy groups -OCH3 is 1. The molecule has 1 rings (SSSR count). The molecule has 0 spiro atoms. The SMILES string of the molecule is CCCn1cccc1C(=O)N(CCOC)CC(=O)O. The Morgan fingerprint density at radius 2 is 2.21 bits per heavy atom. The van der Waals surface area contributed by atoms with Gasteiger partial charge in [0.1, 0.15) is 12.2 Å². The largest absolute Gasteiger partial charge is 0.480 e. The van der Waals surface area contributed by atoms with E-state index in [1.54, 1.807) is 12.1 Å². The van der Waals surface area contributed by atoms with E-state index in [0.29, 0.717) is 12.3 Å². The van der Waals surface area contributed by atoms with Gasteiger partial charge in [-0.25, -0.2) is 0 Å². The van der Waals surface area contributed by atoms with Crippen molar-refractivity contribution in [3.05, 3.63) is 24.0 Å². The van der Waals surface area contributed by atoms with Crippen LogP contribution in [0.1, 0.15) is 23.8 Å². The number of nitrogens with zero attached hydrogens (tertiary/aromatic N) is 2. The smallest absolute Gasteiger partial charge is 0.323 e. The van der Waals surface area contributed by atoms with Gasteiger partial charge in [-0.2, -0.15) is 0 Å². The number of amides is 1. The molecule has 0 fully saturated rings. The van der Waals surface area contributed by atoms with Gasteiger partial charge in [0.15, 0.2) is 0 Å². The maximum atomic E-state index is 12.3. The summed E-state index contributed by atoms with van der Waals surface area (Å²) in [6, 6.07) is 3.50. The predicted octanol–water partition coefficient (Wildman–Crippen LogP) is 1.07. The molecule has 19 heavy (non-hydrogen) atoms. The lowest BCUT2D eigenvalue weighted by atomic mass is 10.3. The quantitative estimate of drug-likeness (QED) is 0.765. The zero-order valence-corrected chi connectivity index (χ0v) is 11.3. The van der Waals surface area contributed by atoms with Crippen LogP contribution in [0.2, 0.25) is 0 Å². The first-order valence-corrected chi connectivity index (χ1v) is 6.25. The summed E-state index contributed by atoms with van der Waals surface area (Å²) in [6.07, 6.45) is 2.73. The van der Waals surface area contributed by atoms with E-state index in [1.807, 2.05) is 17.7 Å². The molecular weight excluding hydrogens is 248 g/mol. The summed E-state index contributed by atoms with van der Waals surface area (Å²) in [5, 5.41) is 8.86. The van der Waals surface area contributed by atoms with Crippen molar-refractivity contribution in [2.75, 3.05) is 26.8 Å². The summed E-state index contributed by atoms with van der Waals surface area (Å²) >= 11 is 0. The van der Waals surface area contributed by atoms with Crippen molar-refractivity contribution >= 4 is 11.9 Å². The van der Waals surface area contributed by atoms with Gasteiger partial charge in [-0.05, 0) is 18.6 Å². The number of ether oxygens (including phenoxy) is 1. The summed E-state index contributed by atoms with van der Waals surface area (Å²) < 4.78 is 6.74. The molecule has 1 heterocycles. The topological polar surface area (TPSA) is 71.8 Å². The van der Waals surface area contributed by atoms with E-state index in [0.717, 1.165) is 13.0 Å². The minimum Gasteiger partial charge on any atom is -0.480 e. The Labute approximate surface area is 112 Å². The van der Waals surface area contributed by atoms with E-state index in [1.165, 1.54) is 12.0 Å². The number of hydrogen-bond donors (Lipinski definition) is 1. The van der Waals surface area contributed by atoms with Crippen LogP contribution in [0.4, 0.5) is 0 Å². The zero-order chi connectivity index (χ0) is 14.3. The zero-order valence-electron chi connectivity index (χ0n) is 11.3. The lowest BCUT2D eigenvalue weighted by Crippen LogP contribution is -2.38. The number of carbonyl (C=O) groups is 2. The van der Waals surface area contributed by atoms with Crippen LogP contribution in [0.3, 0.4) is 0 Å². The lowest BCUT2D eigenvalue weighted by Gasteiger charge is -2.21. The number of aryl methyl sites for hydroxylation is 1. The number of carboxylic acid groups (broad SMARTS) is 1. The minimum atomic E-state index is -1.03. The van der Waals surface area contributed by atoms with Crippen LogP contribution in [-0.4, -0.2) is 53.3 Å². The van der Waals surface area contributed by atoms with Crippen LogP contribution in [0.5, 0.6) is 0 Å². The fourth-order valence-corrected chi connectivity index (χ4v) is 1.82. The van der Waals surface area contributed by atoms with E-state index in [9.17, 15) is 9.59 Å². The molecule has 1 aromatic rings. The molecule has 6 heteroatoms. The van der Waals surface area contributed by atoms with Crippen LogP contribution in [-0.2, 0) is 16.1 Å². The van der Waals surface area contributed by atoms with E-state index in [4.69, 9.17) is 9.84 Å². The molecule has 1 aromatic heterocycles. The molecular formula is C13H20N2O4. The second-order valence-electron chi connectivity index (χ2n) is 4.20. The number of aromatic nitrogens is 1. The highest BCUT2D eigenvalue weighted by atomic mass is 16.5. The molecule has 106 valence electrons. The van der Waals surface area contributed by atoms with Gasteiger partial charge in [0, 0.05) is 26.4 Å². The average molecular weight is 268 g/mol. The molecule has 0 bridgehead atoms. The number of hydrogen-bond acceptors (Lipinski definition) is 3. The van der Waals surface area contributed by atoms with Gasteiger partial charge in [0.25, 0.3) is 5.91 Å². The Morgan fingerprint density at radius 1 is 1.47 bits per heavy atom. The van der Waals surface area contributed by atoms with Gasteiger partial charge in [-0.3, -0.25) is 9.59 Å². The summed E-state index contributed by atoms with van der Waals surface area (Å²) in [5.74, 6) is -1.31. The van der Waals surface area contributed by atoms with Crippen LogP contribution < -0.4 is 0 Å². The maximum absolute atomic E-state index is 12.3. The molecule has 0 aliphatic carbocycles. The van der Waals surface area contributed by atoms with Crippen molar-refractivity contribution in [2.45, 2.75) is 19.9 Å². The highest BCUT2D eigenvalue weighted by Gasteiger charge is 2.20. The van der Waals surface area contributed by atoms with Gasteiger partial charge >= 0.3 is 5.97 Å². The van der Waals surface area contributed by atoms with Gasteiger partial charge < -0.3 is 19.3 Å². The van der Waals surface area contributed by atoms with Crippen molar-refractivity contribution < 1.29 is 19.4 Å². The maximum Gasteiger partial charge on any atom is 0.323 e. The van der Waals surface area contributed by atoms with Crippen LogP contribution in [0, 0.1) is 0 Å². The Kier molecular flexibility index (Phi) is 6.08. The van der Waals surface area contributed by atoms with Gasteiger partial charge in [0.2, 0.25) is 0 Å². The summed E-state index contributed by atoms with van der Waals surface area (Å²) in [5.41, 5.74) is 0.513. The van der Waals surface area contributed by atoms with Crippen molar-refractivity contribution in [3.63, 3.8) is 0 Å². The summed E-state index contributed by atoms with van der Waals surface area (Å²) in [4.78, 5) is 24.4. The molecule has 0 saturated heterocycles. The number of rotatable bonds is 8. The molecule has 0 atom stereocenters. The minimum absolute atomic E-state index is 0.263. The van der Waals surface area contributed by atoms with E-state index >= 15 is 0 Å². The van der Waals surface area contributed by atoms with E-state index in [2.05, 4.69) is 0 Å². The first kappa shape index (κ1) is 15.2. The second-order valence-corrected chi connectivity index (χ2v) is 4.20. The molecule has 6 nitrogen and oxygen atoms in total. The fraction of sp³-hybridized carbons (Fsp3) is 0.538. The Morgan fingerprint density at radius 3 is 2.79 bits per heavy atom. The summed E-state index contributed by atoms with van der Waals surface area (Å²) in [6.45, 7) is 3.01. The van der Waals surface area contributed by atoms with Crippen molar-refractivity contribution in [1.29, 1.82) is 0 Å². The van der Waals surface area contributed by atoms with Crippen LogP contribution >= 0.6 is 0 Å². The molecule has 1 N–H and O–H groups in total. The first-order chi connectivity index (χ1) is 9.10. The Bertz CT molecular complexity index is 428. The second kappa shape index (κ2) is 7.58. The van der Waals surface area contributed by atoms with E-state index < -0.39 is 5.97 Å². The third kappa shape index (κ3) is 4.40. The van der Waals surface area contributed by atoms with Gasteiger partial charge in [-0.1, -0.05) is 6.92 Å². The molecule has 0 aliphatic heterocycles. The predicted molar refractivity (Wildman–Crippen MR) is 70.1 cm³/mol. The first-order valence-electron chi connectivity index (χ1n) is 6.25. The number of carbonyl (C=O) groups excluding carboxylic acids is 1. The monoisotopic (exact) mass is 268 g/mol. The van der Waals surface area contributed by atoms with Crippen molar-refractivity contribution in [3.8, 4) is 0 Å². The third-order valence-corrected chi connectivity index (χ3v) is 2.69. The number of carboxylic acids is 1. The summed E-state index contributed by atoms with van der Waals surface area (Å²) in [7, 11) is 1.52. The number of aliphatic carboxylic acids is 1. The van der Waals surface area contributed by atoms with Gasteiger partial charge in [-0.15, -0.1) is 0 Å². The molecule has 0 radical (unpaired) electrons. The molecule has 0 unspecified atom stereocenters.